The smallest absolute Gasteiger partial charge is 0.168 e. The van der Waals surface area contributed by atoms with E-state index < -0.39 is 5.60 Å². The van der Waals surface area contributed by atoms with Crippen LogP contribution in [0.25, 0.3) is 0 Å². The molecule has 2 aliphatic carbocycles. The van der Waals surface area contributed by atoms with Crippen LogP contribution in [0, 0.1) is 17.8 Å². The van der Waals surface area contributed by atoms with Gasteiger partial charge in [-0.05, 0) is 37.5 Å². The lowest BCUT2D eigenvalue weighted by Crippen LogP contribution is -2.51. The standard InChI is InChI=1S/C15H26O2/c1-11-9-10-12(2)15(11,17-3)14(16)13-7-5-4-6-8-13/h11-13H,4-10H2,1-3H3. The molecule has 0 amide bonds. The van der Waals surface area contributed by atoms with Gasteiger partial charge >= 0.3 is 0 Å². The second kappa shape index (κ2) is 5.09. The number of ketones is 1. The summed E-state index contributed by atoms with van der Waals surface area (Å²) in [6, 6.07) is 0. The summed E-state index contributed by atoms with van der Waals surface area (Å²) in [5.41, 5.74) is -0.470. The van der Waals surface area contributed by atoms with Crippen LogP contribution < -0.4 is 0 Å². The molecule has 17 heavy (non-hydrogen) atoms. The van der Waals surface area contributed by atoms with Crippen molar-refractivity contribution in [1.29, 1.82) is 0 Å². The van der Waals surface area contributed by atoms with Crippen LogP contribution in [0.5, 0.6) is 0 Å². The number of ether oxygens (including phenoxy) is 1. The molecule has 98 valence electrons. The average Bonchev–Trinajstić information content (AvgIpc) is 2.66. The molecule has 2 fully saturated rings. The highest BCUT2D eigenvalue weighted by Gasteiger charge is 2.53. The van der Waals surface area contributed by atoms with Crippen molar-refractivity contribution in [2.45, 2.75) is 64.4 Å². The molecule has 2 nitrogen and oxygen atoms in total. The highest BCUT2D eigenvalue weighted by Crippen LogP contribution is 2.46. The van der Waals surface area contributed by atoms with Crippen LogP contribution in [0.3, 0.4) is 0 Å². The number of Topliss-reactive ketones (excluding diaryl/α,β-unsaturated/α-hetero) is 1. The van der Waals surface area contributed by atoms with E-state index in [0.29, 0.717) is 17.6 Å². The minimum absolute atomic E-state index is 0.270. The zero-order valence-electron chi connectivity index (χ0n) is 11.5. The second-order valence-electron chi connectivity index (χ2n) is 6.08. The van der Waals surface area contributed by atoms with Gasteiger partial charge in [0.05, 0.1) is 0 Å². The van der Waals surface area contributed by atoms with Gasteiger partial charge in [0.25, 0.3) is 0 Å². The second-order valence-corrected chi connectivity index (χ2v) is 6.08. The van der Waals surface area contributed by atoms with E-state index in [4.69, 9.17) is 4.74 Å². The normalized spacial score (nSPS) is 39.5. The fraction of sp³-hybridized carbons (Fsp3) is 0.933. The molecule has 0 radical (unpaired) electrons. The largest absolute Gasteiger partial charge is 0.370 e. The monoisotopic (exact) mass is 238 g/mol. The van der Waals surface area contributed by atoms with Gasteiger partial charge in [-0.15, -0.1) is 0 Å². The Bertz CT molecular complexity index is 269. The van der Waals surface area contributed by atoms with E-state index in [0.717, 1.165) is 25.7 Å². The van der Waals surface area contributed by atoms with Crippen molar-refractivity contribution >= 4 is 5.78 Å². The van der Waals surface area contributed by atoms with Crippen molar-refractivity contribution in [3.05, 3.63) is 0 Å². The van der Waals surface area contributed by atoms with E-state index in [9.17, 15) is 4.79 Å². The SMILES string of the molecule is COC1(C(=O)C2CCCCC2)C(C)CCC1C. The van der Waals surface area contributed by atoms with Crippen molar-refractivity contribution < 1.29 is 9.53 Å². The Morgan fingerprint density at radius 1 is 1.00 bits per heavy atom. The highest BCUT2D eigenvalue weighted by atomic mass is 16.5. The van der Waals surface area contributed by atoms with E-state index in [1.165, 1.54) is 19.3 Å². The Morgan fingerprint density at radius 2 is 1.53 bits per heavy atom. The van der Waals surface area contributed by atoms with Crippen LogP contribution in [0.15, 0.2) is 0 Å². The van der Waals surface area contributed by atoms with E-state index in [-0.39, 0.29) is 5.92 Å². The molecule has 0 aromatic carbocycles. The molecule has 0 aromatic heterocycles. The van der Waals surface area contributed by atoms with Gasteiger partial charge in [-0.3, -0.25) is 4.79 Å². The average molecular weight is 238 g/mol. The maximum absolute atomic E-state index is 12.8. The van der Waals surface area contributed by atoms with Gasteiger partial charge < -0.3 is 4.74 Å². The van der Waals surface area contributed by atoms with Crippen LogP contribution in [-0.2, 0) is 9.53 Å². The van der Waals surface area contributed by atoms with E-state index >= 15 is 0 Å². The predicted molar refractivity (Wildman–Crippen MR) is 68.9 cm³/mol. The summed E-state index contributed by atoms with van der Waals surface area (Å²) in [5.74, 6) is 1.46. The third kappa shape index (κ3) is 2.05. The van der Waals surface area contributed by atoms with Gasteiger partial charge in [-0.1, -0.05) is 33.1 Å². The molecule has 2 heteroatoms. The number of methoxy groups -OCH3 is 1. The highest BCUT2D eigenvalue weighted by molar-refractivity contribution is 5.90. The molecule has 0 aliphatic heterocycles. The minimum atomic E-state index is -0.470. The van der Waals surface area contributed by atoms with E-state index in [2.05, 4.69) is 13.8 Å². The molecule has 2 rings (SSSR count). The number of rotatable bonds is 3. The van der Waals surface area contributed by atoms with Crippen LogP contribution in [-0.4, -0.2) is 18.5 Å². The van der Waals surface area contributed by atoms with Crippen LogP contribution in [0.4, 0.5) is 0 Å². The lowest BCUT2D eigenvalue weighted by molar-refractivity contribution is -0.156. The molecule has 2 unspecified atom stereocenters. The first kappa shape index (κ1) is 13.1. The predicted octanol–water partition coefficient (Wildman–Crippen LogP) is 3.59. The maximum Gasteiger partial charge on any atom is 0.168 e. The zero-order chi connectivity index (χ0) is 12.5. The van der Waals surface area contributed by atoms with E-state index in [1.54, 1.807) is 7.11 Å². The molecule has 2 aliphatic rings. The Labute approximate surface area is 105 Å². The first-order valence-corrected chi connectivity index (χ1v) is 7.22. The molecular formula is C15H26O2. The van der Waals surface area contributed by atoms with Crippen LogP contribution in [0.1, 0.15) is 58.8 Å². The Balaban J connectivity index is 2.19. The summed E-state index contributed by atoms with van der Waals surface area (Å²) >= 11 is 0. The summed E-state index contributed by atoms with van der Waals surface area (Å²) in [5, 5.41) is 0. The number of carbonyl (C=O) groups excluding carboxylic acids is 1. The first-order valence-electron chi connectivity index (χ1n) is 7.22. The first-order chi connectivity index (χ1) is 8.13. The van der Waals surface area contributed by atoms with Gasteiger partial charge in [-0.25, -0.2) is 0 Å². The minimum Gasteiger partial charge on any atom is -0.370 e. The van der Waals surface area contributed by atoms with Crippen molar-refractivity contribution in [1.82, 2.24) is 0 Å². The van der Waals surface area contributed by atoms with Crippen LogP contribution >= 0.6 is 0 Å². The van der Waals surface area contributed by atoms with Crippen molar-refractivity contribution in [2.75, 3.05) is 7.11 Å². The Morgan fingerprint density at radius 3 is 2.00 bits per heavy atom. The summed E-state index contributed by atoms with van der Waals surface area (Å²) in [4.78, 5) is 12.8. The fourth-order valence-electron chi connectivity index (χ4n) is 4.09. The molecule has 0 heterocycles. The summed E-state index contributed by atoms with van der Waals surface area (Å²) < 4.78 is 5.79. The van der Waals surface area contributed by atoms with Gasteiger partial charge in [-0.2, -0.15) is 0 Å². The molecule has 0 bridgehead atoms. The molecule has 0 aromatic rings. The lowest BCUT2D eigenvalue weighted by atomic mass is 9.73. The molecule has 0 spiro atoms. The Kier molecular flexibility index (Phi) is 3.92. The zero-order valence-corrected chi connectivity index (χ0v) is 11.5. The van der Waals surface area contributed by atoms with E-state index in [1.807, 2.05) is 0 Å². The number of carbonyl (C=O) groups is 1. The maximum atomic E-state index is 12.8. The Hall–Kier alpha value is -0.370. The summed E-state index contributed by atoms with van der Waals surface area (Å²) in [6.45, 7) is 4.38. The quantitative estimate of drug-likeness (QED) is 0.751. The van der Waals surface area contributed by atoms with Crippen LogP contribution in [0.2, 0.25) is 0 Å². The summed E-state index contributed by atoms with van der Waals surface area (Å²) in [7, 11) is 1.74. The van der Waals surface area contributed by atoms with Gasteiger partial charge in [0.1, 0.15) is 5.60 Å². The summed E-state index contributed by atoms with van der Waals surface area (Å²) in [6.07, 6.45) is 8.18. The molecule has 0 N–H and O–H groups in total. The molecular weight excluding hydrogens is 212 g/mol. The molecule has 2 atom stereocenters. The lowest BCUT2D eigenvalue weighted by Gasteiger charge is -2.38. The third-order valence-electron chi connectivity index (χ3n) is 5.20. The van der Waals surface area contributed by atoms with Crippen molar-refractivity contribution in [3.8, 4) is 0 Å². The van der Waals surface area contributed by atoms with Crippen molar-refractivity contribution in [3.63, 3.8) is 0 Å². The van der Waals surface area contributed by atoms with Gasteiger partial charge in [0, 0.05) is 13.0 Å². The van der Waals surface area contributed by atoms with Gasteiger partial charge in [0.2, 0.25) is 0 Å². The number of hydrogen-bond acceptors (Lipinski definition) is 2. The number of hydrogen-bond donors (Lipinski definition) is 0. The van der Waals surface area contributed by atoms with Crippen molar-refractivity contribution in [2.24, 2.45) is 17.8 Å². The topological polar surface area (TPSA) is 26.3 Å². The molecule has 0 saturated heterocycles. The third-order valence-corrected chi connectivity index (χ3v) is 5.20. The van der Waals surface area contributed by atoms with Gasteiger partial charge in [0.15, 0.2) is 5.78 Å². The fourth-order valence-corrected chi connectivity index (χ4v) is 4.09. The molecule has 2 saturated carbocycles.